The second kappa shape index (κ2) is 4.34. The molecule has 4 heteroatoms. The molecule has 2 atom stereocenters. The van der Waals surface area contributed by atoms with Gasteiger partial charge in [-0.2, -0.15) is 0 Å². The predicted octanol–water partition coefficient (Wildman–Crippen LogP) is 0.944. The summed E-state index contributed by atoms with van der Waals surface area (Å²) in [5, 5.41) is 18.5. The van der Waals surface area contributed by atoms with Crippen molar-refractivity contribution in [1.29, 1.82) is 0 Å². The highest BCUT2D eigenvalue weighted by Crippen LogP contribution is 2.49. The van der Waals surface area contributed by atoms with Crippen molar-refractivity contribution in [2.24, 2.45) is 11.3 Å². The Balaban J connectivity index is 2.09. The van der Waals surface area contributed by atoms with Gasteiger partial charge in [0.2, 0.25) is 0 Å². The molecule has 1 aliphatic heterocycles. The molecular weight excluding hydrogens is 206 g/mol. The van der Waals surface area contributed by atoms with Gasteiger partial charge in [0.05, 0.1) is 0 Å². The molecule has 0 aromatic carbocycles. The van der Waals surface area contributed by atoms with Gasteiger partial charge >= 0.3 is 5.97 Å². The van der Waals surface area contributed by atoms with Crippen LogP contribution in [0.1, 0.15) is 32.6 Å². The molecule has 0 unspecified atom stereocenters. The Morgan fingerprint density at radius 3 is 2.62 bits per heavy atom. The fraction of sp³-hybridized carbons (Fsp3) is 0.917. The molecular formula is C12H21NO3. The molecule has 1 spiro atoms. The van der Waals surface area contributed by atoms with E-state index in [9.17, 15) is 9.90 Å². The number of nitrogens with zero attached hydrogens (tertiary/aromatic N) is 1. The van der Waals surface area contributed by atoms with Crippen molar-refractivity contribution in [3.05, 3.63) is 0 Å². The molecule has 0 radical (unpaired) electrons. The van der Waals surface area contributed by atoms with E-state index in [4.69, 9.17) is 5.11 Å². The Labute approximate surface area is 96.3 Å². The van der Waals surface area contributed by atoms with Gasteiger partial charge in [0, 0.05) is 25.6 Å². The molecule has 4 nitrogen and oxygen atoms in total. The summed E-state index contributed by atoms with van der Waals surface area (Å²) >= 11 is 0. The first-order chi connectivity index (χ1) is 7.59. The van der Waals surface area contributed by atoms with Gasteiger partial charge in [-0.05, 0) is 25.2 Å². The average Bonchev–Trinajstić information content (AvgIpc) is 2.86. The number of hydrogen-bond acceptors (Lipinski definition) is 3. The Hall–Kier alpha value is -0.610. The van der Waals surface area contributed by atoms with Gasteiger partial charge in [-0.25, -0.2) is 0 Å². The van der Waals surface area contributed by atoms with Crippen LogP contribution in [0, 0.1) is 11.3 Å². The SMILES string of the molecule is C[C@H](C(=O)O)N1C[C@H](CO)C2(CCCC2)C1. The lowest BCUT2D eigenvalue weighted by Gasteiger charge is -2.29. The van der Waals surface area contributed by atoms with Gasteiger partial charge in [0.25, 0.3) is 0 Å². The maximum absolute atomic E-state index is 11.0. The standard InChI is InChI=1S/C12H21NO3/c1-9(11(15)16)13-6-10(7-14)12(8-13)4-2-3-5-12/h9-10,14H,2-8H2,1H3,(H,15,16)/t9-,10-/m1/s1. The van der Waals surface area contributed by atoms with E-state index in [0.29, 0.717) is 0 Å². The second-order valence-electron chi connectivity index (χ2n) is 5.39. The third-order valence-electron chi connectivity index (χ3n) is 4.56. The number of aliphatic carboxylic acids is 1. The second-order valence-corrected chi connectivity index (χ2v) is 5.39. The Bertz CT molecular complexity index is 273. The largest absolute Gasteiger partial charge is 0.480 e. The number of aliphatic hydroxyl groups excluding tert-OH is 1. The van der Waals surface area contributed by atoms with Gasteiger partial charge in [-0.3, -0.25) is 9.69 Å². The van der Waals surface area contributed by atoms with Crippen molar-refractivity contribution in [3.8, 4) is 0 Å². The van der Waals surface area contributed by atoms with Gasteiger partial charge < -0.3 is 10.2 Å². The zero-order valence-electron chi connectivity index (χ0n) is 9.85. The number of carboxylic acid groups (broad SMARTS) is 1. The Kier molecular flexibility index (Phi) is 3.22. The van der Waals surface area contributed by atoms with Crippen LogP contribution in [0.4, 0.5) is 0 Å². The van der Waals surface area contributed by atoms with E-state index in [1.165, 1.54) is 12.8 Å². The molecule has 0 aromatic rings. The van der Waals surface area contributed by atoms with E-state index in [1.807, 2.05) is 4.90 Å². The normalized spacial score (nSPS) is 31.0. The minimum atomic E-state index is -0.758. The van der Waals surface area contributed by atoms with Crippen molar-refractivity contribution in [3.63, 3.8) is 0 Å². The maximum Gasteiger partial charge on any atom is 0.320 e. The third kappa shape index (κ3) is 1.84. The molecule has 1 aliphatic carbocycles. The number of hydrogen-bond donors (Lipinski definition) is 2. The summed E-state index contributed by atoms with van der Waals surface area (Å²) in [5.74, 6) is -0.483. The highest BCUT2D eigenvalue weighted by atomic mass is 16.4. The van der Waals surface area contributed by atoms with E-state index < -0.39 is 12.0 Å². The zero-order chi connectivity index (χ0) is 11.8. The first-order valence-corrected chi connectivity index (χ1v) is 6.17. The lowest BCUT2D eigenvalue weighted by Crippen LogP contribution is -2.38. The average molecular weight is 227 g/mol. The monoisotopic (exact) mass is 227 g/mol. The van der Waals surface area contributed by atoms with E-state index in [1.54, 1.807) is 6.92 Å². The fourth-order valence-electron chi connectivity index (χ4n) is 3.42. The predicted molar refractivity (Wildman–Crippen MR) is 60.1 cm³/mol. The minimum absolute atomic E-state index is 0.197. The van der Waals surface area contributed by atoms with Gasteiger partial charge in [-0.15, -0.1) is 0 Å². The van der Waals surface area contributed by atoms with Crippen LogP contribution in [-0.4, -0.2) is 46.8 Å². The van der Waals surface area contributed by atoms with Crippen molar-refractivity contribution in [1.82, 2.24) is 4.90 Å². The van der Waals surface area contributed by atoms with Crippen molar-refractivity contribution >= 4 is 5.97 Å². The number of carboxylic acids is 1. The van der Waals surface area contributed by atoms with Crippen molar-refractivity contribution in [2.45, 2.75) is 38.6 Å². The highest BCUT2D eigenvalue weighted by molar-refractivity contribution is 5.72. The first-order valence-electron chi connectivity index (χ1n) is 6.17. The lowest BCUT2D eigenvalue weighted by atomic mass is 9.77. The van der Waals surface area contributed by atoms with E-state index in [-0.39, 0.29) is 17.9 Å². The molecule has 2 fully saturated rings. The topological polar surface area (TPSA) is 60.8 Å². The van der Waals surface area contributed by atoms with Crippen LogP contribution in [0.25, 0.3) is 0 Å². The minimum Gasteiger partial charge on any atom is -0.480 e. The van der Waals surface area contributed by atoms with Crippen molar-refractivity contribution in [2.75, 3.05) is 19.7 Å². The molecule has 0 bridgehead atoms. The number of likely N-dealkylation sites (tertiary alicyclic amines) is 1. The lowest BCUT2D eigenvalue weighted by molar-refractivity contribution is -0.142. The molecule has 16 heavy (non-hydrogen) atoms. The molecule has 0 aromatic heterocycles. The van der Waals surface area contributed by atoms with Crippen LogP contribution in [0.3, 0.4) is 0 Å². The highest BCUT2D eigenvalue weighted by Gasteiger charge is 2.49. The summed E-state index contributed by atoms with van der Waals surface area (Å²) in [6.07, 6.45) is 4.76. The smallest absolute Gasteiger partial charge is 0.320 e. The Morgan fingerprint density at radius 2 is 2.12 bits per heavy atom. The van der Waals surface area contributed by atoms with Crippen LogP contribution in [0.2, 0.25) is 0 Å². The summed E-state index contributed by atoms with van der Waals surface area (Å²) in [6.45, 7) is 3.53. The fourth-order valence-corrected chi connectivity index (χ4v) is 3.42. The quantitative estimate of drug-likeness (QED) is 0.753. The first kappa shape index (κ1) is 11.9. The number of rotatable bonds is 3. The summed E-state index contributed by atoms with van der Waals surface area (Å²) in [6, 6.07) is -0.422. The van der Waals surface area contributed by atoms with Crippen LogP contribution < -0.4 is 0 Å². The molecule has 2 N–H and O–H groups in total. The molecule has 1 heterocycles. The third-order valence-corrected chi connectivity index (χ3v) is 4.56. The van der Waals surface area contributed by atoms with Crippen LogP contribution >= 0.6 is 0 Å². The zero-order valence-corrected chi connectivity index (χ0v) is 9.85. The molecule has 1 saturated carbocycles. The van der Waals surface area contributed by atoms with Gasteiger partial charge in [-0.1, -0.05) is 12.8 Å². The van der Waals surface area contributed by atoms with Gasteiger partial charge in [0.1, 0.15) is 6.04 Å². The van der Waals surface area contributed by atoms with E-state index in [2.05, 4.69) is 0 Å². The van der Waals surface area contributed by atoms with Crippen LogP contribution in [0.15, 0.2) is 0 Å². The molecule has 2 aliphatic rings. The summed E-state index contributed by atoms with van der Waals surface area (Å²) < 4.78 is 0. The van der Waals surface area contributed by atoms with Gasteiger partial charge in [0.15, 0.2) is 0 Å². The van der Waals surface area contributed by atoms with E-state index >= 15 is 0 Å². The molecule has 2 rings (SSSR count). The number of aliphatic hydroxyl groups is 1. The van der Waals surface area contributed by atoms with Crippen molar-refractivity contribution < 1.29 is 15.0 Å². The van der Waals surface area contributed by atoms with Crippen LogP contribution in [-0.2, 0) is 4.79 Å². The Morgan fingerprint density at radius 1 is 1.50 bits per heavy atom. The summed E-state index contributed by atoms with van der Waals surface area (Å²) in [7, 11) is 0. The molecule has 92 valence electrons. The molecule has 0 amide bonds. The number of carbonyl (C=O) groups is 1. The maximum atomic E-state index is 11.0. The molecule has 1 saturated heterocycles. The summed E-state index contributed by atoms with van der Waals surface area (Å²) in [4.78, 5) is 13.0. The van der Waals surface area contributed by atoms with E-state index in [0.717, 1.165) is 25.9 Å². The van der Waals surface area contributed by atoms with Crippen LogP contribution in [0.5, 0.6) is 0 Å². The summed E-state index contributed by atoms with van der Waals surface area (Å²) in [5.41, 5.74) is 0.207.